The number of hydrogen-bond acceptors (Lipinski definition) is 3. The van der Waals surface area contributed by atoms with Gasteiger partial charge in [0.25, 0.3) is 5.91 Å². The predicted octanol–water partition coefficient (Wildman–Crippen LogP) is 3.04. The quantitative estimate of drug-likeness (QED) is 0.835. The summed E-state index contributed by atoms with van der Waals surface area (Å²) >= 11 is 8.29. The molecule has 2 rings (SSSR count). The fourth-order valence-electron chi connectivity index (χ4n) is 1.64. The van der Waals surface area contributed by atoms with E-state index in [4.69, 9.17) is 18.0 Å². The second kappa shape index (κ2) is 6.11. The van der Waals surface area contributed by atoms with Crippen molar-refractivity contribution in [2.45, 2.75) is 6.92 Å². The Labute approximate surface area is 130 Å². The zero-order chi connectivity index (χ0) is 14.7. The summed E-state index contributed by atoms with van der Waals surface area (Å²) in [7, 11) is 0. The topological polar surface area (TPSA) is 68.0 Å². The van der Waals surface area contributed by atoms with Gasteiger partial charge in [-0.05, 0) is 52.7 Å². The summed E-state index contributed by atoms with van der Waals surface area (Å²) < 4.78 is 0.719. The molecule has 0 saturated carbocycles. The lowest BCUT2D eigenvalue weighted by molar-refractivity contribution is 0.102. The van der Waals surface area contributed by atoms with Gasteiger partial charge in [-0.3, -0.25) is 9.78 Å². The van der Waals surface area contributed by atoms with Gasteiger partial charge in [-0.1, -0.05) is 12.2 Å². The molecule has 0 saturated heterocycles. The minimum atomic E-state index is -0.218. The number of nitrogens with zero attached hydrogens (tertiary/aromatic N) is 1. The minimum absolute atomic E-state index is 0.218. The van der Waals surface area contributed by atoms with E-state index in [9.17, 15) is 4.79 Å². The molecular weight excluding hydrogens is 338 g/mol. The van der Waals surface area contributed by atoms with Crippen LogP contribution in [0.1, 0.15) is 21.5 Å². The number of nitrogens with one attached hydrogen (secondary N) is 1. The third-order valence-electron chi connectivity index (χ3n) is 2.64. The van der Waals surface area contributed by atoms with E-state index in [1.807, 2.05) is 6.92 Å². The van der Waals surface area contributed by atoms with Crippen molar-refractivity contribution in [2.75, 3.05) is 5.32 Å². The highest BCUT2D eigenvalue weighted by molar-refractivity contribution is 9.10. The molecule has 0 bridgehead atoms. The lowest BCUT2D eigenvalue weighted by Gasteiger charge is -2.09. The van der Waals surface area contributed by atoms with Crippen LogP contribution < -0.4 is 11.1 Å². The molecule has 0 radical (unpaired) electrons. The number of rotatable bonds is 3. The maximum atomic E-state index is 12.1. The molecule has 0 aliphatic carbocycles. The van der Waals surface area contributed by atoms with Crippen LogP contribution in [0.25, 0.3) is 0 Å². The van der Waals surface area contributed by atoms with Gasteiger partial charge in [-0.2, -0.15) is 0 Å². The van der Waals surface area contributed by atoms with Crippen LogP contribution >= 0.6 is 28.1 Å². The third-order valence-corrected chi connectivity index (χ3v) is 3.53. The maximum Gasteiger partial charge on any atom is 0.257 e. The normalized spacial score (nSPS) is 10.1. The molecule has 20 heavy (non-hydrogen) atoms. The number of aryl methyl sites for hydroxylation is 1. The van der Waals surface area contributed by atoms with Crippen molar-refractivity contribution in [1.82, 2.24) is 4.98 Å². The fraction of sp³-hybridized carbons (Fsp3) is 0.0714. The van der Waals surface area contributed by atoms with Crippen molar-refractivity contribution in [2.24, 2.45) is 5.73 Å². The molecule has 4 nitrogen and oxygen atoms in total. The summed E-state index contributed by atoms with van der Waals surface area (Å²) in [5.74, 6) is -0.218. The van der Waals surface area contributed by atoms with E-state index in [-0.39, 0.29) is 5.91 Å². The zero-order valence-corrected chi connectivity index (χ0v) is 13.1. The van der Waals surface area contributed by atoms with Gasteiger partial charge in [-0.15, -0.1) is 0 Å². The van der Waals surface area contributed by atoms with Crippen molar-refractivity contribution in [3.63, 3.8) is 0 Å². The molecule has 0 unspecified atom stereocenters. The van der Waals surface area contributed by atoms with Crippen LogP contribution in [0, 0.1) is 6.92 Å². The average Bonchev–Trinajstić information content (AvgIpc) is 2.40. The summed E-state index contributed by atoms with van der Waals surface area (Å²) in [4.78, 5) is 16.4. The number of carbonyl (C=O) groups is 1. The molecule has 0 aliphatic rings. The van der Waals surface area contributed by atoms with E-state index in [0.717, 1.165) is 15.6 Å². The fourth-order valence-corrected chi connectivity index (χ4v) is 2.25. The molecule has 2 aromatic rings. The first kappa shape index (κ1) is 14.6. The first-order valence-electron chi connectivity index (χ1n) is 5.80. The number of benzene rings is 1. The predicted molar refractivity (Wildman–Crippen MR) is 87.0 cm³/mol. The Hall–Kier alpha value is -1.79. The van der Waals surface area contributed by atoms with E-state index in [1.54, 1.807) is 30.5 Å². The summed E-state index contributed by atoms with van der Waals surface area (Å²) in [5.41, 5.74) is 8.38. The van der Waals surface area contributed by atoms with Gasteiger partial charge in [0, 0.05) is 22.4 Å². The van der Waals surface area contributed by atoms with Crippen LogP contribution in [0.4, 0.5) is 5.69 Å². The van der Waals surface area contributed by atoms with E-state index in [2.05, 4.69) is 26.2 Å². The number of halogens is 1. The summed E-state index contributed by atoms with van der Waals surface area (Å²) in [6.07, 6.45) is 3.23. The Balaban J connectivity index is 2.22. The van der Waals surface area contributed by atoms with Crippen LogP contribution in [-0.2, 0) is 0 Å². The van der Waals surface area contributed by atoms with Crippen molar-refractivity contribution in [3.8, 4) is 0 Å². The number of carbonyl (C=O) groups excluding carboxylic acids is 1. The highest BCUT2D eigenvalue weighted by Gasteiger charge is 2.10. The van der Waals surface area contributed by atoms with Gasteiger partial charge < -0.3 is 11.1 Å². The molecule has 0 atom stereocenters. The first-order valence-corrected chi connectivity index (χ1v) is 7.00. The highest BCUT2D eigenvalue weighted by atomic mass is 79.9. The maximum absolute atomic E-state index is 12.1. The third kappa shape index (κ3) is 3.40. The second-order valence-corrected chi connectivity index (χ2v) is 5.56. The Morgan fingerprint density at radius 3 is 2.65 bits per heavy atom. The zero-order valence-electron chi connectivity index (χ0n) is 10.7. The van der Waals surface area contributed by atoms with Gasteiger partial charge in [0.05, 0.1) is 11.3 Å². The molecule has 0 aliphatic heterocycles. The number of hydrogen-bond donors (Lipinski definition) is 2. The minimum Gasteiger partial charge on any atom is -0.389 e. The molecule has 3 N–H and O–H groups in total. The summed E-state index contributed by atoms with van der Waals surface area (Å²) in [6.45, 7) is 1.89. The van der Waals surface area contributed by atoms with E-state index in [1.165, 1.54) is 6.20 Å². The number of pyridine rings is 1. The van der Waals surface area contributed by atoms with Crippen LogP contribution in [0.3, 0.4) is 0 Å². The molecule has 0 spiro atoms. The molecular formula is C14H12BrN3OS. The largest absolute Gasteiger partial charge is 0.389 e. The van der Waals surface area contributed by atoms with Gasteiger partial charge >= 0.3 is 0 Å². The molecule has 1 aromatic carbocycles. The monoisotopic (exact) mass is 349 g/mol. The summed E-state index contributed by atoms with van der Waals surface area (Å²) in [5, 5.41) is 2.81. The van der Waals surface area contributed by atoms with Crippen molar-refractivity contribution >= 4 is 44.7 Å². The van der Waals surface area contributed by atoms with Gasteiger partial charge in [0.2, 0.25) is 0 Å². The molecule has 0 fully saturated rings. The molecule has 1 aromatic heterocycles. The van der Waals surface area contributed by atoms with Crippen molar-refractivity contribution < 1.29 is 4.79 Å². The molecule has 102 valence electrons. The van der Waals surface area contributed by atoms with E-state index in [0.29, 0.717) is 16.2 Å². The lowest BCUT2D eigenvalue weighted by Crippen LogP contribution is -2.14. The van der Waals surface area contributed by atoms with Gasteiger partial charge in [-0.25, -0.2) is 0 Å². The second-order valence-electron chi connectivity index (χ2n) is 4.26. The molecule has 1 amide bonds. The molecule has 1 heterocycles. The number of anilines is 1. The number of amides is 1. The lowest BCUT2D eigenvalue weighted by atomic mass is 10.2. The average molecular weight is 350 g/mol. The highest BCUT2D eigenvalue weighted by Crippen LogP contribution is 2.24. The Bertz CT molecular complexity index is 688. The number of aromatic nitrogens is 1. The molecule has 6 heteroatoms. The standard InChI is InChI=1S/C14H12BrN3OS/c1-8-4-10(7-17-6-8)14(19)18-12-3-2-9(13(16)20)5-11(12)15/h2-7H,1H3,(H2,16,20)(H,18,19). The Kier molecular flexibility index (Phi) is 4.46. The van der Waals surface area contributed by atoms with Gasteiger partial charge in [0.15, 0.2) is 0 Å². The van der Waals surface area contributed by atoms with Crippen LogP contribution in [0.2, 0.25) is 0 Å². The van der Waals surface area contributed by atoms with Crippen molar-refractivity contribution in [3.05, 3.63) is 57.8 Å². The number of thiocarbonyl (C=S) groups is 1. The van der Waals surface area contributed by atoms with Crippen molar-refractivity contribution in [1.29, 1.82) is 0 Å². The number of nitrogens with two attached hydrogens (primary N) is 1. The van der Waals surface area contributed by atoms with Crippen LogP contribution in [0.15, 0.2) is 41.1 Å². The SMILES string of the molecule is Cc1cncc(C(=O)Nc2ccc(C(N)=S)cc2Br)c1. The van der Waals surface area contributed by atoms with Crippen LogP contribution in [-0.4, -0.2) is 15.9 Å². The first-order chi connectivity index (χ1) is 9.47. The smallest absolute Gasteiger partial charge is 0.257 e. The van der Waals surface area contributed by atoms with E-state index >= 15 is 0 Å². The Morgan fingerprint density at radius 1 is 1.30 bits per heavy atom. The van der Waals surface area contributed by atoms with Gasteiger partial charge in [0.1, 0.15) is 4.99 Å². The van der Waals surface area contributed by atoms with Crippen LogP contribution in [0.5, 0.6) is 0 Å². The Morgan fingerprint density at radius 2 is 2.05 bits per heavy atom. The van der Waals surface area contributed by atoms with E-state index < -0.39 is 0 Å². The summed E-state index contributed by atoms with van der Waals surface area (Å²) in [6, 6.07) is 7.06.